The van der Waals surface area contributed by atoms with Crippen molar-refractivity contribution in [3.8, 4) is 11.5 Å². The van der Waals surface area contributed by atoms with Gasteiger partial charge in [0, 0.05) is 17.7 Å². The molecule has 2 aromatic carbocycles. The number of benzene rings is 2. The van der Waals surface area contributed by atoms with Crippen LogP contribution in [0.5, 0.6) is 11.5 Å². The monoisotopic (exact) mass is 415 g/mol. The van der Waals surface area contributed by atoms with Crippen LogP contribution in [0.2, 0.25) is 0 Å². The van der Waals surface area contributed by atoms with Gasteiger partial charge in [-0.05, 0) is 56.3 Å². The molecule has 1 aliphatic heterocycles. The van der Waals surface area contributed by atoms with E-state index in [1.54, 1.807) is 37.4 Å². The van der Waals surface area contributed by atoms with E-state index in [0.717, 1.165) is 0 Å². The van der Waals surface area contributed by atoms with Crippen molar-refractivity contribution in [2.45, 2.75) is 12.8 Å². The molecule has 0 saturated carbocycles. The number of nitrogens with zero attached hydrogens (tertiary/aromatic N) is 1. The highest BCUT2D eigenvalue weighted by Crippen LogP contribution is 2.29. The maximum atomic E-state index is 13.3. The number of ether oxygens (including phenoxy) is 2. The van der Waals surface area contributed by atoms with Crippen LogP contribution in [0.4, 0.5) is 15.8 Å². The van der Waals surface area contributed by atoms with Gasteiger partial charge in [0.05, 0.1) is 26.5 Å². The molecule has 0 unspecified atom stereocenters. The molecule has 30 heavy (non-hydrogen) atoms. The molecule has 1 aliphatic rings. The fraction of sp³-hybridized carbons (Fsp3) is 0.364. The van der Waals surface area contributed by atoms with Gasteiger partial charge in [0.15, 0.2) is 0 Å². The van der Waals surface area contributed by atoms with Gasteiger partial charge in [0.1, 0.15) is 17.3 Å². The quantitative estimate of drug-likeness (QED) is 0.726. The first-order chi connectivity index (χ1) is 14.5. The third-order valence-electron chi connectivity index (χ3n) is 5.10. The lowest BCUT2D eigenvalue weighted by atomic mass is 9.96. The van der Waals surface area contributed by atoms with E-state index in [4.69, 9.17) is 9.47 Å². The lowest BCUT2D eigenvalue weighted by molar-refractivity contribution is -0.121. The van der Waals surface area contributed by atoms with Gasteiger partial charge in [-0.1, -0.05) is 6.07 Å². The van der Waals surface area contributed by atoms with Gasteiger partial charge >= 0.3 is 0 Å². The molecule has 0 radical (unpaired) electrons. The molecule has 7 nitrogen and oxygen atoms in total. The smallest absolute Gasteiger partial charge is 0.238 e. The molecule has 1 saturated heterocycles. The summed E-state index contributed by atoms with van der Waals surface area (Å²) in [6.45, 7) is 1.50. The third-order valence-corrected chi connectivity index (χ3v) is 5.10. The van der Waals surface area contributed by atoms with Crippen molar-refractivity contribution >= 4 is 23.2 Å². The molecule has 1 heterocycles. The topological polar surface area (TPSA) is 79.9 Å². The van der Waals surface area contributed by atoms with E-state index >= 15 is 0 Å². The minimum atomic E-state index is -0.387. The molecule has 2 amide bonds. The summed E-state index contributed by atoms with van der Waals surface area (Å²) in [5.74, 6) is 0.351. The Morgan fingerprint density at radius 2 is 1.83 bits per heavy atom. The average Bonchev–Trinajstić information content (AvgIpc) is 2.74. The van der Waals surface area contributed by atoms with E-state index in [1.807, 2.05) is 4.90 Å². The number of nitrogens with one attached hydrogen (secondary N) is 2. The van der Waals surface area contributed by atoms with Crippen molar-refractivity contribution in [3.63, 3.8) is 0 Å². The second-order valence-corrected chi connectivity index (χ2v) is 7.16. The Balaban J connectivity index is 1.47. The molecule has 8 heteroatoms. The highest BCUT2D eigenvalue weighted by Gasteiger charge is 2.26. The minimum Gasteiger partial charge on any atom is -0.497 e. The number of hydrogen-bond acceptors (Lipinski definition) is 5. The number of piperidine rings is 1. The van der Waals surface area contributed by atoms with Crippen LogP contribution >= 0.6 is 0 Å². The number of hydrogen-bond donors (Lipinski definition) is 2. The molecule has 1 fully saturated rings. The number of anilines is 2. The van der Waals surface area contributed by atoms with Crippen LogP contribution in [0.3, 0.4) is 0 Å². The Hall–Kier alpha value is -3.13. The number of amides is 2. The Bertz CT molecular complexity index is 898. The van der Waals surface area contributed by atoms with Crippen molar-refractivity contribution < 1.29 is 23.5 Å². The maximum absolute atomic E-state index is 13.3. The van der Waals surface area contributed by atoms with Crippen LogP contribution in [0.15, 0.2) is 42.5 Å². The predicted molar refractivity (Wildman–Crippen MR) is 112 cm³/mol. The molecule has 0 aromatic heterocycles. The van der Waals surface area contributed by atoms with Crippen LogP contribution in [0.25, 0.3) is 0 Å². The van der Waals surface area contributed by atoms with Crippen molar-refractivity contribution in [1.82, 2.24) is 4.90 Å². The SMILES string of the molecule is COc1ccc(NC(=O)CN2CCC(C(=O)Nc3cccc(F)c3)CC2)c(OC)c1. The molecular formula is C22H26FN3O4. The molecule has 2 aromatic rings. The van der Waals surface area contributed by atoms with Crippen LogP contribution < -0.4 is 20.1 Å². The number of rotatable bonds is 7. The summed E-state index contributed by atoms with van der Waals surface area (Å²) in [5.41, 5.74) is 1.03. The minimum absolute atomic E-state index is 0.118. The highest BCUT2D eigenvalue weighted by atomic mass is 19.1. The van der Waals surface area contributed by atoms with Crippen molar-refractivity contribution in [2.75, 3.05) is 44.5 Å². The summed E-state index contributed by atoms with van der Waals surface area (Å²) in [5, 5.41) is 5.62. The van der Waals surface area contributed by atoms with Crippen molar-refractivity contribution in [1.29, 1.82) is 0 Å². The molecule has 3 rings (SSSR count). The Morgan fingerprint density at radius 1 is 1.07 bits per heavy atom. The third kappa shape index (κ3) is 5.70. The second kappa shape index (κ2) is 10.1. The first-order valence-corrected chi connectivity index (χ1v) is 9.79. The largest absolute Gasteiger partial charge is 0.497 e. The summed E-state index contributed by atoms with van der Waals surface area (Å²) in [6.07, 6.45) is 1.28. The van der Waals surface area contributed by atoms with Crippen LogP contribution in [0, 0.1) is 11.7 Å². The van der Waals surface area contributed by atoms with Gasteiger partial charge < -0.3 is 20.1 Å². The number of methoxy groups -OCH3 is 2. The Labute approximate surface area is 175 Å². The summed E-state index contributed by atoms with van der Waals surface area (Å²) in [4.78, 5) is 26.9. The maximum Gasteiger partial charge on any atom is 0.238 e. The van der Waals surface area contributed by atoms with E-state index in [1.165, 1.54) is 19.2 Å². The van der Waals surface area contributed by atoms with E-state index < -0.39 is 0 Å². The van der Waals surface area contributed by atoms with Gasteiger partial charge in [-0.3, -0.25) is 14.5 Å². The number of likely N-dealkylation sites (tertiary alicyclic amines) is 1. The first-order valence-electron chi connectivity index (χ1n) is 9.79. The number of halogens is 1. The summed E-state index contributed by atoms with van der Waals surface area (Å²) in [7, 11) is 3.10. The lowest BCUT2D eigenvalue weighted by Gasteiger charge is -2.30. The van der Waals surface area contributed by atoms with Gasteiger partial charge in [-0.25, -0.2) is 4.39 Å². The van der Waals surface area contributed by atoms with Crippen LogP contribution in [-0.4, -0.2) is 50.6 Å². The molecule has 2 N–H and O–H groups in total. The molecule has 0 aliphatic carbocycles. The summed E-state index contributed by atoms with van der Waals surface area (Å²) < 4.78 is 23.7. The fourth-order valence-corrected chi connectivity index (χ4v) is 3.46. The van der Waals surface area contributed by atoms with Crippen molar-refractivity contribution in [2.24, 2.45) is 5.92 Å². The zero-order valence-corrected chi connectivity index (χ0v) is 17.1. The molecule has 0 atom stereocenters. The van der Waals surface area contributed by atoms with E-state index in [0.29, 0.717) is 48.8 Å². The van der Waals surface area contributed by atoms with E-state index in [9.17, 15) is 14.0 Å². The van der Waals surface area contributed by atoms with Gasteiger partial charge in [0.25, 0.3) is 0 Å². The predicted octanol–water partition coefficient (Wildman–Crippen LogP) is 3.13. The van der Waals surface area contributed by atoms with Crippen LogP contribution in [-0.2, 0) is 9.59 Å². The molecule has 160 valence electrons. The molecule has 0 spiro atoms. The summed E-state index contributed by atoms with van der Waals surface area (Å²) in [6, 6.07) is 11.0. The van der Waals surface area contributed by atoms with Gasteiger partial charge in [0.2, 0.25) is 11.8 Å². The second-order valence-electron chi connectivity index (χ2n) is 7.16. The Morgan fingerprint density at radius 3 is 2.50 bits per heavy atom. The van der Waals surface area contributed by atoms with E-state index in [-0.39, 0.29) is 30.1 Å². The number of carbonyl (C=O) groups is 2. The molecule has 0 bridgehead atoms. The zero-order chi connectivity index (χ0) is 21.5. The van der Waals surface area contributed by atoms with Crippen molar-refractivity contribution in [3.05, 3.63) is 48.3 Å². The van der Waals surface area contributed by atoms with Gasteiger partial charge in [-0.2, -0.15) is 0 Å². The van der Waals surface area contributed by atoms with Gasteiger partial charge in [-0.15, -0.1) is 0 Å². The number of carbonyl (C=O) groups excluding carboxylic acids is 2. The Kier molecular flexibility index (Phi) is 7.24. The average molecular weight is 415 g/mol. The summed E-state index contributed by atoms with van der Waals surface area (Å²) >= 11 is 0. The standard InChI is InChI=1S/C22H26FN3O4/c1-29-18-6-7-19(20(13-18)30-2)25-21(27)14-26-10-8-15(9-11-26)22(28)24-17-5-3-4-16(23)12-17/h3-7,12-13,15H,8-11,14H2,1-2H3,(H,24,28)(H,25,27). The van der Waals surface area contributed by atoms with E-state index in [2.05, 4.69) is 10.6 Å². The lowest BCUT2D eigenvalue weighted by Crippen LogP contribution is -2.41. The van der Waals surface area contributed by atoms with Crippen LogP contribution in [0.1, 0.15) is 12.8 Å². The fourth-order valence-electron chi connectivity index (χ4n) is 3.46. The molecular weight excluding hydrogens is 389 g/mol. The normalized spacial score (nSPS) is 14.8. The zero-order valence-electron chi connectivity index (χ0n) is 17.1. The first kappa shape index (κ1) is 21.6. The highest BCUT2D eigenvalue weighted by molar-refractivity contribution is 5.94.